The molecule has 0 amide bonds. The van der Waals surface area contributed by atoms with Crippen LogP contribution >= 0.6 is 0 Å². The summed E-state index contributed by atoms with van der Waals surface area (Å²) in [5.74, 6) is 0. The van der Waals surface area contributed by atoms with Gasteiger partial charge in [0.25, 0.3) is 0 Å². The van der Waals surface area contributed by atoms with Crippen molar-refractivity contribution < 1.29 is 0 Å². The molecule has 1 heteroatoms. The van der Waals surface area contributed by atoms with Gasteiger partial charge in [0.15, 0.2) is 0 Å². The van der Waals surface area contributed by atoms with Crippen LogP contribution in [0.5, 0.6) is 0 Å². The van der Waals surface area contributed by atoms with Crippen molar-refractivity contribution in [3.63, 3.8) is 0 Å². The largest absolute Gasteiger partial charge is 0.342 e. The van der Waals surface area contributed by atoms with Crippen LogP contribution in [0, 0.1) is 6.58 Å². The van der Waals surface area contributed by atoms with Crippen LogP contribution in [0.25, 0.3) is 0 Å². The molecule has 0 aromatic heterocycles. The van der Waals surface area contributed by atoms with E-state index in [2.05, 4.69) is 13.2 Å². The molecule has 0 nitrogen and oxygen atoms in total. The van der Waals surface area contributed by atoms with Gasteiger partial charge in [0.1, 0.15) is 0 Å². The summed E-state index contributed by atoms with van der Waals surface area (Å²) in [6.07, 6.45) is 0. The Morgan fingerprint density at radius 1 is 1.60 bits per heavy atom. The summed E-state index contributed by atoms with van der Waals surface area (Å²) in [6.45, 7) is 7.50. The van der Waals surface area contributed by atoms with Gasteiger partial charge in [-0.15, -0.1) is 0 Å². The molecule has 5 heavy (non-hydrogen) atoms. The van der Waals surface area contributed by atoms with E-state index in [-0.39, 0.29) is 7.43 Å². The smallest absolute Gasteiger partial charge is 0 e. The normalized spacial score (nSPS) is 1.60. The van der Waals surface area contributed by atoms with Gasteiger partial charge >= 0.3 is 0 Å². The van der Waals surface area contributed by atoms with Crippen molar-refractivity contribution in [1.29, 1.82) is 0 Å². The van der Waals surface area contributed by atoms with Gasteiger partial charge in [0, 0.05) is 0 Å². The van der Waals surface area contributed by atoms with E-state index >= 15 is 0 Å². The first-order valence-corrected chi connectivity index (χ1v) is 0.642. The van der Waals surface area contributed by atoms with E-state index in [1.54, 1.807) is 0 Å². The standard InChI is InChI=1S/C3H3.CH4.Rf/c1-3-2;;/h1H,2H2;1H4;/q-1;;. The molecule has 0 rings (SSSR count). The van der Waals surface area contributed by atoms with Gasteiger partial charge in [0.05, 0.1) is 0 Å². The number of hydrogen-bond donors (Lipinski definition) is 0. The van der Waals surface area contributed by atoms with Crippen LogP contribution < -0.4 is 0 Å². The van der Waals surface area contributed by atoms with Crippen LogP contribution in [0.3, 0.4) is 0 Å². The van der Waals surface area contributed by atoms with E-state index in [9.17, 15) is 0 Å². The molecule has 0 radical (unpaired) electrons. The summed E-state index contributed by atoms with van der Waals surface area (Å²) in [4.78, 5) is 0. The number of rotatable bonds is 0. The maximum Gasteiger partial charge on any atom is 0 e. The molecule has 0 aliphatic heterocycles. The third kappa shape index (κ3) is 0.311. The molecule has 0 bridgehead atoms. The summed E-state index contributed by atoms with van der Waals surface area (Å²) < 4.78 is 0. The van der Waals surface area contributed by atoms with Gasteiger partial charge in [-0.3, -0.25) is 0 Å². The Kier molecular flexibility index (Phi) is 418. The summed E-state index contributed by atoms with van der Waals surface area (Å²) in [6, 6.07) is 0. The second-order valence-electron chi connectivity index (χ2n) is 0.204. The van der Waals surface area contributed by atoms with Crippen molar-refractivity contribution in [2.75, 3.05) is 0 Å². The predicted octanol–water partition coefficient (Wildman–Crippen LogP) is 1.40. The molecule has 0 aliphatic carbocycles. The van der Waals surface area contributed by atoms with E-state index in [0.29, 0.717) is 0 Å². The fourth-order valence-electron chi connectivity index (χ4n) is 0. The fraction of sp³-hybridized carbons (Fsp3) is 0.250. The molecule has 0 spiro atoms. The van der Waals surface area contributed by atoms with Crippen molar-refractivity contribution in [1.82, 2.24) is 0 Å². The molecule has 0 aromatic rings. The Balaban J connectivity index is -0.0000000200. The Labute approximate surface area is 27.5 Å². The first-order valence-electron chi connectivity index (χ1n) is 0.642. The monoisotopic (exact) mass is 322 g/mol. The van der Waals surface area contributed by atoms with Gasteiger partial charge in [0.2, 0.25) is 0 Å². The average Bonchev–Trinajstić information content (AvgIpc) is 0.918. The molecule has 0 atom stereocenters. The minimum absolute atomic E-state index is 0. The SMILES string of the molecule is C.[CH-]=C=C.[Rf]. The van der Waals surface area contributed by atoms with Crippen molar-refractivity contribution in [3.05, 3.63) is 18.9 Å². The van der Waals surface area contributed by atoms with E-state index in [0.717, 1.165) is 0 Å². The van der Waals surface area contributed by atoms with Gasteiger partial charge in [-0.2, -0.15) is 0 Å². The van der Waals surface area contributed by atoms with E-state index in [1.807, 2.05) is 5.73 Å². The zero-order valence-corrected chi connectivity index (χ0v) is 8.89. The maximum atomic E-state index is 4.49. The first-order chi connectivity index (χ1) is 1.41. The van der Waals surface area contributed by atoms with Gasteiger partial charge in [-0.05, 0) is 0 Å². The molecule has 0 aromatic carbocycles. The summed E-state index contributed by atoms with van der Waals surface area (Å²) >= 11 is 0. The average molecular weight is 322 g/mol. The van der Waals surface area contributed by atoms with Crippen molar-refractivity contribution in [2.45, 2.75) is 7.43 Å². The van der Waals surface area contributed by atoms with Crippen LogP contribution in [0.2, 0.25) is 0 Å². The zero-order valence-electron chi connectivity index (χ0n) is 2.49. The van der Waals surface area contributed by atoms with Crippen molar-refractivity contribution in [3.8, 4) is 0 Å². The Bertz CT molecular complexity index is 24.6. The second-order valence-corrected chi connectivity index (χ2v) is 0.204. The summed E-state index contributed by atoms with van der Waals surface area (Å²) in [5, 5.41) is 0. The van der Waals surface area contributed by atoms with Crippen molar-refractivity contribution >= 4 is 0 Å². The first kappa shape index (κ1) is 82.7. The molecular weight excluding hydrogens is 315 g/mol. The molecule has 0 N–H and O–H groups in total. The molecule has 0 saturated heterocycles. The van der Waals surface area contributed by atoms with E-state index in [4.69, 9.17) is 0 Å². The topological polar surface area (TPSA) is 0 Å². The van der Waals surface area contributed by atoms with Gasteiger partial charge in [-0.1, -0.05) is 7.43 Å². The van der Waals surface area contributed by atoms with Crippen LogP contribution in [-0.4, -0.2) is 0 Å². The molecule has 26 valence electrons. The van der Waals surface area contributed by atoms with Crippen LogP contribution in [0.4, 0.5) is 0 Å². The third-order valence-electron chi connectivity index (χ3n) is 0. The van der Waals surface area contributed by atoms with Gasteiger partial charge < -0.3 is 5.73 Å². The maximum absolute atomic E-state index is 4.49. The molecular formula is C4H7Rf-. The Morgan fingerprint density at radius 3 is 1.60 bits per heavy atom. The Morgan fingerprint density at radius 2 is 1.60 bits per heavy atom. The molecule has 0 saturated carbocycles. The zero-order chi connectivity index (χ0) is 2.71. The molecule has 0 heterocycles. The predicted molar refractivity (Wildman–Crippen MR) is 20.2 cm³/mol. The van der Waals surface area contributed by atoms with Gasteiger partial charge in [-0.25, -0.2) is 13.2 Å². The van der Waals surface area contributed by atoms with Crippen LogP contribution in [-0.2, 0) is 0 Å². The summed E-state index contributed by atoms with van der Waals surface area (Å²) in [7, 11) is 0. The van der Waals surface area contributed by atoms with E-state index < -0.39 is 0 Å². The third-order valence-corrected chi connectivity index (χ3v) is 0. The molecule has 0 unspecified atom stereocenters. The molecule has 0 aliphatic rings. The quantitative estimate of drug-likeness (QED) is 0.467. The van der Waals surface area contributed by atoms with Crippen LogP contribution in [0.15, 0.2) is 12.3 Å². The fourth-order valence-corrected chi connectivity index (χ4v) is 0. The Hall–Kier alpha value is -1.48. The van der Waals surface area contributed by atoms with E-state index in [1.165, 1.54) is 0 Å². The minimum Gasteiger partial charge on any atom is -0.342 e. The summed E-state index contributed by atoms with van der Waals surface area (Å²) in [5.41, 5.74) is 2.00. The number of hydrogen-bond acceptors (Lipinski definition) is 0. The van der Waals surface area contributed by atoms with Crippen molar-refractivity contribution in [2.24, 2.45) is 0 Å². The molecule has 0 fully saturated rings. The second kappa shape index (κ2) is 25.3. The van der Waals surface area contributed by atoms with Crippen LogP contribution in [0.1, 0.15) is 7.43 Å². The minimum atomic E-state index is 0.